The maximum atomic E-state index is 12.0. The summed E-state index contributed by atoms with van der Waals surface area (Å²) in [7, 11) is 0. The fraction of sp³-hybridized carbons (Fsp3) is 0.680. The summed E-state index contributed by atoms with van der Waals surface area (Å²) in [6.07, 6.45) is 13.3. The Morgan fingerprint density at radius 1 is 1.34 bits per heavy atom. The van der Waals surface area contributed by atoms with Crippen LogP contribution in [0.25, 0.3) is 0 Å². The first-order chi connectivity index (χ1) is 13.9. The number of carbonyl (C=O) groups excluding carboxylic acids is 1. The predicted octanol–water partition coefficient (Wildman–Crippen LogP) is 4.16. The average molecular weight is 397 g/mol. The standard InChI is InChI=1S/C25H32O4/c1-3-14-11-15-12-16(26)5-6-17(15)18-7-9-24(4-2)23(22(14)18)19-13-20(19)25(24,29)10-8-21(27)28/h3,8,10,12,14,17-20,22-23,29H,1,4-7,9,11,13H2,2H3,(H,27,28)/b10-8-/t14-,17-,18+,19+,20-,22+,23-,24-,25-/m0/s1. The van der Waals surface area contributed by atoms with Crippen molar-refractivity contribution >= 4 is 11.8 Å². The number of fused-ring (bicyclic) bond motifs is 7. The van der Waals surface area contributed by atoms with Crippen molar-refractivity contribution in [1.29, 1.82) is 0 Å². The highest BCUT2D eigenvalue weighted by Crippen LogP contribution is 2.77. The van der Waals surface area contributed by atoms with Crippen molar-refractivity contribution in [3.63, 3.8) is 0 Å². The molecular formula is C25H32O4. The molecule has 0 spiro atoms. The van der Waals surface area contributed by atoms with Crippen molar-refractivity contribution in [2.24, 2.45) is 46.8 Å². The summed E-state index contributed by atoms with van der Waals surface area (Å²) in [6, 6.07) is 0. The normalized spacial score (nSPS) is 50.2. The van der Waals surface area contributed by atoms with Crippen LogP contribution in [0, 0.1) is 46.8 Å². The molecule has 2 N–H and O–H groups in total. The van der Waals surface area contributed by atoms with Gasteiger partial charge in [-0.2, -0.15) is 0 Å². The van der Waals surface area contributed by atoms with Crippen molar-refractivity contribution in [1.82, 2.24) is 0 Å². The molecule has 0 aromatic rings. The van der Waals surface area contributed by atoms with Crippen LogP contribution in [-0.2, 0) is 9.59 Å². The van der Waals surface area contributed by atoms with E-state index in [0.29, 0.717) is 41.9 Å². The molecule has 0 aromatic carbocycles. The first kappa shape index (κ1) is 19.3. The van der Waals surface area contributed by atoms with Gasteiger partial charge in [0.05, 0.1) is 5.60 Å². The van der Waals surface area contributed by atoms with Gasteiger partial charge in [0, 0.05) is 17.9 Å². The number of allylic oxidation sites excluding steroid dienone is 2. The Bertz CT molecular complexity index is 825. The maximum Gasteiger partial charge on any atom is 0.328 e. The van der Waals surface area contributed by atoms with Crippen LogP contribution in [0.15, 0.2) is 36.5 Å². The van der Waals surface area contributed by atoms with Crippen LogP contribution in [0.5, 0.6) is 0 Å². The fourth-order valence-electron chi connectivity index (χ4n) is 8.52. The summed E-state index contributed by atoms with van der Waals surface area (Å²) in [6.45, 7) is 6.34. The third kappa shape index (κ3) is 2.47. The van der Waals surface area contributed by atoms with Gasteiger partial charge in [-0.05, 0) is 92.1 Å². The molecular weight excluding hydrogens is 364 g/mol. The van der Waals surface area contributed by atoms with Crippen molar-refractivity contribution in [3.05, 3.63) is 36.5 Å². The molecule has 5 rings (SSSR count). The SMILES string of the molecule is C=C[C@H]1CC2=CC(=O)CC[C@@H]2[C@H]2CC[C@@]3(CC)[C@@H]([C@@H]4C[C@@H]4[C@@]3(O)/C=C\C(=O)O)[C@@H]21. The van der Waals surface area contributed by atoms with Crippen molar-refractivity contribution < 1.29 is 19.8 Å². The average Bonchev–Trinajstić information content (AvgIpc) is 3.47. The van der Waals surface area contributed by atoms with Gasteiger partial charge >= 0.3 is 5.97 Å². The van der Waals surface area contributed by atoms with E-state index in [4.69, 9.17) is 0 Å². The maximum absolute atomic E-state index is 12.0. The highest BCUT2D eigenvalue weighted by atomic mass is 16.4. The Labute approximate surface area is 172 Å². The molecule has 4 saturated carbocycles. The lowest BCUT2D eigenvalue weighted by Crippen LogP contribution is -2.57. The van der Waals surface area contributed by atoms with E-state index >= 15 is 0 Å². The smallest absolute Gasteiger partial charge is 0.328 e. The van der Waals surface area contributed by atoms with E-state index in [1.807, 2.05) is 6.08 Å². The van der Waals surface area contributed by atoms with Gasteiger partial charge in [-0.3, -0.25) is 4.79 Å². The number of carboxylic acids is 1. The molecule has 29 heavy (non-hydrogen) atoms. The third-order valence-electron chi connectivity index (χ3n) is 9.56. The first-order valence-corrected chi connectivity index (χ1v) is 11.4. The minimum absolute atomic E-state index is 0.192. The number of rotatable bonds is 4. The molecule has 0 unspecified atom stereocenters. The Kier molecular flexibility index (Phi) is 4.26. The number of aliphatic hydroxyl groups is 1. The Morgan fingerprint density at radius 2 is 2.14 bits per heavy atom. The molecule has 4 nitrogen and oxygen atoms in total. The van der Waals surface area contributed by atoms with Gasteiger partial charge in [0.15, 0.2) is 5.78 Å². The van der Waals surface area contributed by atoms with E-state index in [9.17, 15) is 19.8 Å². The van der Waals surface area contributed by atoms with E-state index in [1.54, 1.807) is 6.08 Å². The molecule has 9 atom stereocenters. The summed E-state index contributed by atoms with van der Waals surface area (Å²) < 4.78 is 0. The van der Waals surface area contributed by atoms with E-state index in [1.165, 1.54) is 11.6 Å². The van der Waals surface area contributed by atoms with Gasteiger partial charge in [-0.1, -0.05) is 18.6 Å². The number of aliphatic carboxylic acids is 1. The van der Waals surface area contributed by atoms with E-state index in [-0.39, 0.29) is 17.1 Å². The van der Waals surface area contributed by atoms with Crippen molar-refractivity contribution in [2.45, 2.75) is 57.5 Å². The van der Waals surface area contributed by atoms with Crippen LogP contribution in [0.4, 0.5) is 0 Å². The summed E-state index contributed by atoms with van der Waals surface area (Å²) in [5.41, 5.74) is 0.0913. The van der Waals surface area contributed by atoms with Crippen LogP contribution in [-0.4, -0.2) is 27.6 Å². The topological polar surface area (TPSA) is 74.6 Å². The minimum atomic E-state index is -1.01. The Morgan fingerprint density at radius 3 is 2.83 bits per heavy atom. The van der Waals surface area contributed by atoms with Crippen LogP contribution >= 0.6 is 0 Å². The predicted molar refractivity (Wildman–Crippen MR) is 110 cm³/mol. The number of hydrogen-bond donors (Lipinski definition) is 2. The van der Waals surface area contributed by atoms with Gasteiger partial charge in [0.2, 0.25) is 0 Å². The van der Waals surface area contributed by atoms with Gasteiger partial charge in [0.1, 0.15) is 0 Å². The summed E-state index contributed by atoms with van der Waals surface area (Å²) >= 11 is 0. The minimum Gasteiger partial charge on any atom is -0.478 e. The lowest BCUT2D eigenvalue weighted by atomic mass is 9.46. The van der Waals surface area contributed by atoms with Gasteiger partial charge < -0.3 is 10.2 Å². The molecule has 5 aliphatic rings. The molecule has 156 valence electrons. The second-order valence-corrected chi connectivity index (χ2v) is 10.3. The van der Waals surface area contributed by atoms with Gasteiger partial charge in [-0.25, -0.2) is 4.79 Å². The molecule has 4 heteroatoms. The molecule has 0 radical (unpaired) electrons. The Balaban J connectivity index is 1.57. The number of hydrogen-bond acceptors (Lipinski definition) is 3. The summed E-state index contributed by atoms with van der Waals surface area (Å²) in [5.74, 6) is 2.28. The molecule has 4 fully saturated rings. The number of ketones is 1. The highest BCUT2D eigenvalue weighted by molar-refractivity contribution is 5.91. The molecule has 0 heterocycles. The van der Waals surface area contributed by atoms with Crippen molar-refractivity contribution in [3.8, 4) is 0 Å². The third-order valence-corrected chi connectivity index (χ3v) is 9.56. The highest BCUT2D eigenvalue weighted by Gasteiger charge is 2.76. The molecule has 0 aromatic heterocycles. The largest absolute Gasteiger partial charge is 0.478 e. The van der Waals surface area contributed by atoms with Gasteiger partial charge in [-0.15, -0.1) is 6.58 Å². The van der Waals surface area contributed by atoms with Crippen LogP contribution < -0.4 is 0 Å². The van der Waals surface area contributed by atoms with Crippen LogP contribution in [0.1, 0.15) is 51.9 Å². The zero-order valence-corrected chi connectivity index (χ0v) is 17.2. The zero-order valence-electron chi connectivity index (χ0n) is 17.2. The quantitative estimate of drug-likeness (QED) is 0.553. The fourth-order valence-corrected chi connectivity index (χ4v) is 8.52. The second kappa shape index (κ2) is 6.41. The molecule has 0 bridgehead atoms. The lowest BCUT2D eigenvalue weighted by molar-refractivity contribution is -0.137. The first-order valence-electron chi connectivity index (χ1n) is 11.4. The van der Waals surface area contributed by atoms with E-state index in [0.717, 1.165) is 38.5 Å². The Hall–Kier alpha value is -1.68. The molecule has 5 aliphatic carbocycles. The number of carboxylic acid groups (broad SMARTS) is 1. The second-order valence-electron chi connectivity index (χ2n) is 10.3. The summed E-state index contributed by atoms with van der Waals surface area (Å²) in [4.78, 5) is 23.3. The lowest BCUT2D eigenvalue weighted by Gasteiger charge is -2.59. The van der Waals surface area contributed by atoms with E-state index < -0.39 is 11.6 Å². The van der Waals surface area contributed by atoms with Crippen LogP contribution in [0.3, 0.4) is 0 Å². The molecule has 0 amide bonds. The van der Waals surface area contributed by atoms with Crippen molar-refractivity contribution in [2.75, 3.05) is 0 Å². The summed E-state index contributed by atoms with van der Waals surface area (Å²) in [5, 5.41) is 21.1. The molecule has 0 aliphatic heterocycles. The number of carbonyl (C=O) groups is 2. The van der Waals surface area contributed by atoms with E-state index in [2.05, 4.69) is 19.6 Å². The van der Waals surface area contributed by atoms with Gasteiger partial charge in [0.25, 0.3) is 0 Å². The zero-order chi connectivity index (χ0) is 20.6. The molecule has 0 saturated heterocycles. The van der Waals surface area contributed by atoms with Crippen LogP contribution in [0.2, 0.25) is 0 Å². The monoisotopic (exact) mass is 396 g/mol.